The molecule has 0 spiro atoms. The molecule has 0 atom stereocenters. The van der Waals surface area contributed by atoms with Crippen molar-refractivity contribution in [3.8, 4) is 11.6 Å². The van der Waals surface area contributed by atoms with Crippen molar-refractivity contribution in [2.24, 2.45) is 5.92 Å². The molecule has 5 nitrogen and oxygen atoms in total. The Bertz CT molecular complexity index is 738. The van der Waals surface area contributed by atoms with Gasteiger partial charge in [0.2, 0.25) is 11.8 Å². The van der Waals surface area contributed by atoms with Crippen LogP contribution in [-0.2, 0) is 0 Å². The highest BCUT2D eigenvalue weighted by atomic mass is 19.1. The molecular weight excluding hydrogens is 355 g/mol. The maximum absolute atomic E-state index is 13.0. The molecule has 0 radical (unpaired) electrons. The Morgan fingerprint density at radius 3 is 2.36 bits per heavy atom. The number of aromatic nitrogens is 2. The summed E-state index contributed by atoms with van der Waals surface area (Å²) in [5.41, 5.74) is 0. The lowest BCUT2D eigenvalue weighted by Crippen LogP contribution is -2.39. The first-order valence-corrected chi connectivity index (χ1v) is 10.5. The number of halogens is 1. The summed E-state index contributed by atoms with van der Waals surface area (Å²) in [4.78, 5) is 13.9. The molecule has 4 rings (SSSR count). The van der Waals surface area contributed by atoms with Crippen LogP contribution < -0.4 is 9.64 Å². The molecule has 0 aliphatic carbocycles. The van der Waals surface area contributed by atoms with Gasteiger partial charge in [-0.2, -0.15) is 4.98 Å². The van der Waals surface area contributed by atoms with E-state index >= 15 is 0 Å². The molecule has 2 aromatic rings. The first-order chi connectivity index (χ1) is 13.8. The molecule has 0 N–H and O–H groups in total. The molecule has 0 unspecified atom stereocenters. The van der Waals surface area contributed by atoms with Gasteiger partial charge in [0, 0.05) is 31.9 Å². The number of anilines is 1. The SMILES string of the molecule is Fc1ccc(Oc2ccnc(N3CCC(CN4CCCCCC4)CC3)n2)cc1. The maximum atomic E-state index is 13.0. The highest BCUT2D eigenvalue weighted by Gasteiger charge is 2.23. The Balaban J connectivity index is 1.31. The lowest BCUT2D eigenvalue weighted by atomic mass is 9.96. The van der Waals surface area contributed by atoms with Crippen LogP contribution in [0.4, 0.5) is 10.3 Å². The number of nitrogens with zero attached hydrogens (tertiary/aromatic N) is 4. The number of rotatable bonds is 5. The second kappa shape index (κ2) is 9.32. The molecule has 0 bridgehead atoms. The number of hydrogen-bond donors (Lipinski definition) is 0. The third kappa shape index (κ3) is 5.19. The van der Waals surface area contributed by atoms with Gasteiger partial charge < -0.3 is 14.5 Å². The van der Waals surface area contributed by atoms with E-state index in [0.29, 0.717) is 17.6 Å². The van der Waals surface area contributed by atoms with Gasteiger partial charge in [-0.3, -0.25) is 0 Å². The van der Waals surface area contributed by atoms with Crippen LogP contribution in [0.5, 0.6) is 11.6 Å². The van der Waals surface area contributed by atoms with Crippen molar-refractivity contribution in [2.45, 2.75) is 38.5 Å². The number of hydrogen-bond acceptors (Lipinski definition) is 5. The van der Waals surface area contributed by atoms with Crippen LogP contribution in [0.1, 0.15) is 38.5 Å². The zero-order valence-electron chi connectivity index (χ0n) is 16.4. The van der Waals surface area contributed by atoms with E-state index in [1.165, 1.54) is 70.3 Å². The molecule has 2 aliphatic heterocycles. The second-order valence-electron chi connectivity index (χ2n) is 7.90. The van der Waals surface area contributed by atoms with Gasteiger partial charge in [-0.1, -0.05) is 12.8 Å². The van der Waals surface area contributed by atoms with Crippen molar-refractivity contribution < 1.29 is 9.13 Å². The van der Waals surface area contributed by atoms with Crippen molar-refractivity contribution in [3.05, 3.63) is 42.3 Å². The number of benzene rings is 1. The molecule has 150 valence electrons. The van der Waals surface area contributed by atoms with E-state index in [0.717, 1.165) is 19.0 Å². The molecule has 3 heterocycles. The fourth-order valence-electron chi connectivity index (χ4n) is 4.16. The van der Waals surface area contributed by atoms with Crippen molar-refractivity contribution in [3.63, 3.8) is 0 Å². The van der Waals surface area contributed by atoms with Crippen molar-refractivity contribution in [1.82, 2.24) is 14.9 Å². The molecule has 6 heteroatoms. The van der Waals surface area contributed by atoms with Crippen molar-refractivity contribution in [2.75, 3.05) is 37.6 Å². The lowest BCUT2D eigenvalue weighted by Gasteiger charge is -2.34. The Labute approximate surface area is 166 Å². The van der Waals surface area contributed by atoms with E-state index in [-0.39, 0.29) is 5.82 Å². The quantitative estimate of drug-likeness (QED) is 0.759. The predicted molar refractivity (Wildman–Crippen MR) is 108 cm³/mol. The fraction of sp³-hybridized carbons (Fsp3) is 0.545. The second-order valence-corrected chi connectivity index (χ2v) is 7.90. The van der Waals surface area contributed by atoms with Crippen LogP contribution in [0.25, 0.3) is 0 Å². The van der Waals surface area contributed by atoms with Crippen molar-refractivity contribution in [1.29, 1.82) is 0 Å². The third-order valence-electron chi connectivity index (χ3n) is 5.77. The van der Waals surface area contributed by atoms with Gasteiger partial charge in [0.25, 0.3) is 0 Å². The normalized spacial score (nSPS) is 19.4. The van der Waals surface area contributed by atoms with Crippen LogP contribution in [-0.4, -0.2) is 47.6 Å². The minimum Gasteiger partial charge on any atom is -0.439 e. The molecule has 2 saturated heterocycles. The topological polar surface area (TPSA) is 41.5 Å². The predicted octanol–water partition coefficient (Wildman–Crippen LogP) is 4.50. The van der Waals surface area contributed by atoms with Crippen LogP contribution in [0.15, 0.2) is 36.5 Å². The zero-order chi connectivity index (χ0) is 19.2. The summed E-state index contributed by atoms with van der Waals surface area (Å²) >= 11 is 0. The molecule has 0 saturated carbocycles. The third-order valence-corrected chi connectivity index (χ3v) is 5.77. The van der Waals surface area contributed by atoms with Gasteiger partial charge >= 0.3 is 0 Å². The minimum absolute atomic E-state index is 0.279. The van der Waals surface area contributed by atoms with E-state index in [9.17, 15) is 4.39 Å². The highest BCUT2D eigenvalue weighted by Crippen LogP contribution is 2.25. The van der Waals surface area contributed by atoms with Crippen LogP contribution in [0.3, 0.4) is 0 Å². The average molecular weight is 384 g/mol. The maximum Gasteiger partial charge on any atom is 0.228 e. The number of ether oxygens (including phenoxy) is 1. The molecular formula is C22H29FN4O. The molecule has 2 aliphatic rings. The van der Waals surface area contributed by atoms with E-state index in [1.807, 2.05) is 0 Å². The van der Waals surface area contributed by atoms with Gasteiger partial charge in [-0.15, -0.1) is 0 Å². The van der Waals surface area contributed by atoms with E-state index in [4.69, 9.17) is 4.74 Å². The number of likely N-dealkylation sites (tertiary alicyclic amines) is 1. The molecule has 1 aromatic carbocycles. The van der Waals surface area contributed by atoms with Gasteiger partial charge in [-0.05, 0) is 69.0 Å². The number of piperidine rings is 1. The summed E-state index contributed by atoms with van der Waals surface area (Å²) in [5, 5.41) is 0. The van der Waals surface area contributed by atoms with E-state index in [2.05, 4.69) is 19.8 Å². The van der Waals surface area contributed by atoms with Crippen LogP contribution in [0, 0.1) is 11.7 Å². The van der Waals surface area contributed by atoms with Gasteiger partial charge in [0.15, 0.2) is 0 Å². The largest absolute Gasteiger partial charge is 0.439 e. The summed E-state index contributed by atoms with van der Waals surface area (Å²) in [6, 6.07) is 7.70. The van der Waals surface area contributed by atoms with Crippen molar-refractivity contribution >= 4 is 5.95 Å². The Morgan fingerprint density at radius 2 is 1.64 bits per heavy atom. The summed E-state index contributed by atoms with van der Waals surface area (Å²) in [7, 11) is 0. The highest BCUT2D eigenvalue weighted by molar-refractivity contribution is 5.34. The fourth-order valence-corrected chi connectivity index (χ4v) is 4.16. The zero-order valence-corrected chi connectivity index (χ0v) is 16.4. The van der Waals surface area contributed by atoms with Crippen LogP contribution in [0.2, 0.25) is 0 Å². The average Bonchev–Trinajstić information content (AvgIpc) is 2.99. The molecule has 0 amide bonds. The van der Waals surface area contributed by atoms with E-state index in [1.54, 1.807) is 24.4 Å². The Kier molecular flexibility index (Phi) is 6.37. The van der Waals surface area contributed by atoms with Crippen LogP contribution >= 0.6 is 0 Å². The lowest BCUT2D eigenvalue weighted by molar-refractivity contribution is 0.217. The van der Waals surface area contributed by atoms with E-state index < -0.39 is 0 Å². The Hall–Kier alpha value is -2.21. The molecule has 1 aromatic heterocycles. The summed E-state index contributed by atoms with van der Waals surface area (Å²) in [6.45, 7) is 5.75. The smallest absolute Gasteiger partial charge is 0.228 e. The Morgan fingerprint density at radius 1 is 0.929 bits per heavy atom. The standard InChI is InChI=1S/C22H29FN4O/c23-19-5-7-20(8-6-19)28-21-9-12-24-22(25-21)27-15-10-18(11-16-27)17-26-13-3-1-2-4-14-26/h5-9,12,18H,1-4,10-11,13-17H2. The summed E-state index contributed by atoms with van der Waals surface area (Å²) < 4.78 is 18.8. The monoisotopic (exact) mass is 384 g/mol. The summed E-state index contributed by atoms with van der Waals surface area (Å²) in [6.07, 6.45) is 9.59. The molecule has 28 heavy (non-hydrogen) atoms. The first kappa shape index (κ1) is 19.1. The minimum atomic E-state index is -0.279. The molecule has 2 fully saturated rings. The first-order valence-electron chi connectivity index (χ1n) is 10.5. The van der Waals surface area contributed by atoms with Gasteiger partial charge in [-0.25, -0.2) is 9.37 Å². The van der Waals surface area contributed by atoms with Gasteiger partial charge in [0.05, 0.1) is 0 Å². The van der Waals surface area contributed by atoms with Gasteiger partial charge in [0.1, 0.15) is 11.6 Å². The summed E-state index contributed by atoms with van der Waals surface area (Å²) in [5.74, 6) is 2.27.